The molecule has 2 saturated heterocycles. The van der Waals surface area contributed by atoms with Crippen molar-refractivity contribution >= 4 is 52.1 Å². The van der Waals surface area contributed by atoms with E-state index in [1.54, 1.807) is 18.5 Å². The monoisotopic (exact) mass is 956 g/mol. The molecule has 5 N–H and O–H groups in total. The van der Waals surface area contributed by atoms with Gasteiger partial charge in [0.05, 0.1) is 62.7 Å². The minimum Gasteiger partial charge on any atom is -0.457 e. The number of piperidine rings is 1. The van der Waals surface area contributed by atoms with E-state index in [9.17, 15) is 24.0 Å². The molecule has 3 fully saturated rings. The van der Waals surface area contributed by atoms with Crippen LogP contribution in [0.5, 0.6) is 11.5 Å². The summed E-state index contributed by atoms with van der Waals surface area (Å²) >= 11 is 0. The standard InChI is InChI=1S/C51H60N10O9/c52-47-46-40(34-9-15-38(16-10-34)70-37-5-2-1-3-6-37)32-60(48(46)56-33-55-47)36-13-11-35(12-14-36)59-22-20-58(21-23-59)24-26-68-28-30-69-29-27-67-25-19-53-44(63)31-54-41-8-4-7-39-45(41)51(66)61(50(39)65)42-17-18-43(62)57-49(42)64/h1-10,15-16,32-33,35-36,42,54H,11-14,17-31H2,(H,53,63)(H2,52,55,56)(H,57,62,64)/t35-,36+,42?. The number of para-hydroxylation sites is 1. The number of hydrogen-bond donors (Lipinski definition) is 4. The summed E-state index contributed by atoms with van der Waals surface area (Å²) in [5.74, 6) is -0.658. The summed E-state index contributed by atoms with van der Waals surface area (Å²) in [4.78, 5) is 77.9. The largest absolute Gasteiger partial charge is 0.457 e. The number of piperazine rings is 1. The van der Waals surface area contributed by atoms with Crippen molar-refractivity contribution in [2.24, 2.45) is 0 Å². The first-order valence-electron chi connectivity index (χ1n) is 24.2. The molecule has 1 atom stereocenters. The van der Waals surface area contributed by atoms with Crippen LogP contribution < -0.4 is 26.4 Å². The van der Waals surface area contributed by atoms with Crippen molar-refractivity contribution in [2.45, 2.75) is 56.7 Å². The van der Waals surface area contributed by atoms with Gasteiger partial charge in [0.15, 0.2) is 0 Å². The van der Waals surface area contributed by atoms with Crippen molar-refractivity contribution in [1.29, 1.82) is 0 Å². The summed E-state index contributed by atoms with van der Waals surface area (Å²) in [6.45, 7) is 7.83. The predicted octanol–water partition coefficient (Wildman–Crippen LogP) is 4.25. The van der Waals surface area contributed by atoms with Gasteiger partial charge in [-0.3, -0.25) is 44.0 Å². The molecular weight excluding hydrogens is 897 g/mol. The fraction of sp³-hybridized carbons (Fsp3) is 0.431. The molecule has 3 aliphatic heterocycles. The first-order chi connectivity index (χ1) is 34.2. The van der Waals surface area contributed by atoms with Crippen LogP contribution in [0.2, 0.25) is 0 Å². The molecule has 1 saturated carbocycles. The molecule has 5 amide bonds. The smallest absolute Gasteiger partial charge is 0.264 e. The van der Waals surface area contributed by atoms with E-state index < -0.39 is 29.7 Å². The number of fused-ring (bicyclic) bond motifs is 2. The van der Waals surface area contributed by atoms with Gasteiger partial charge < -0.3 is 39.9 Å². The third-order valence-corrected chi connectivity index (χ3v) is 13.5. The lowest BCUT2D eigenvalue weighted by atomic mass is 9.89. The fourth-order valence-electron chi connectivity index (χ4n) is 9.88. The Bertz CT molecular complexity index is 2650. The number of anilines is 2. The van der Waals surface area contributed by atoms with E-state index in [0.717, 1.165) is 97.0 Å². The van der Waals surface area contributed by atoms with Gasteiger partial charge in [0.25, 0.3) is 11.8 Å². The number of carbonyl (C=O) groups is 5. The van der Waals surface area contributed by atoms with E-state index in [-0.39, 0.29) is 49.6 Å². The maximum absolute atomic E-state index is 13.3. The summed E-state index contributed by atoms with van der Waals surface area (Å²) in [5.41, 5.74) is 9.98. The quantitative estimate of drug-likeness (QED) is 0.0596. The van der Waals surface area contributed by atoms with Crippen LogP contribution >= 0.6 is 0 Å². The highest BCUT2D eigenvalue weighted by atomic mass is 16.5. The number of carbonyl (C=O) groups excluding carboxylic acids is 5. The molecule has 19 nitrogen and oxygen atoms in total. The van der Waals surface area contributed by atoms with E-state index in [4.69, 9.17) is 29.7 Å². The molecule has 2 aromatic heterocycles. The predicted molar refractivity (Wildman–Crippen MR) is 260 cm³/mol. The number of nitrogens with one attached hydrogen (secondary N) is 3. The third kappa shape index (κ3) is 11.3. The van der Waals surface area contributed by atoms with Gasteiger partial charge in [-0.1, -0.05) is 36.4 Å². The van der Waals surface area contributed by atoms with Gasteiger partial charge in [0, 0.05) is 75.2 Å². The second kappa shape index (κ2) is 22.8. The molecule has 19 heteroatoms. The molecule has 0 bridgehead atoms. The van der Waals surface area contributed by atoms with Gasteiger partial charge in [-0.25, -0.2) is 9.97 Å². The fourth-order valence-corrected chi connectivity index (χ4v) is 9.88. The molecular formula is C51H60N10O9. The minimum absolute atomic E-state index is 0.0296. The van der Waals surface area contributed by atoms with Crippen LogP contribution in [-0.2, 0) is 28.6 Å². The van der Waals surface area contributed by atoms with Crippen LogP contribution in [0.3, 0.4) is 0 Å². The van der Waals surface area contributed by atoms with E-state index in [2.05, 4.69) is 53.6 Å². The highest BCUT2D eigenvalue weighted by molar-refractivity contribution is 6.25. The van der Waals surface area contributed by atoms with Gasteiger partial charge >= 0.3 is 0 Å². The Balaban J connectivity index is 0.605. The highest BCUT2D eigenvalue weighted by Gasteiger charge is 2.45. The zero-order valence-corrected chi connectivity index (χ0v) is 39.2. The van der Waals surface area contributed by atoms with Crippen LogP contribution in [0, 0.1) is 0 Å². The highest BCUT2D eigenvalue weighted by Crippen LogP contribution is 2.40. The number of rotatable bonds is 21. The van der Waals surface area contributed by atoms with Crippen molar-refractivity contribution in [1.82, 2.24) is 39.9 Å². The molecule has 1 unspecified atom stereocenters. The van der Waals surface area contributed by atoms with Crippen LogP contribution in [0.4, 0.5) is 11.5 Å². The first-order valence-corrected chi connectivity index (χ1v) is 24.2. The Hall–Kier alpha value is -6.77. The molecule has 5 aromatic rings. The lowest BCUT2D eigenvalue weighted by molar-refractivity contribution is -0.136. The Morgan fingerprint density at radius 1 is 0.729 bits per heavy atom. The summed E-state index contributed by atoms with van der Waals surface area (Å²) in [6, 6.07) is 22.4. The molecule has 0 spiro atoms. The number of benzene rings is 3. The Labute approximate surface area is 406 Å². The molecule has 1 aliphatic carbocycles. The summed E-state index contributed by atoms with van der Waals surface area (Å²) in [5, 5.41) is 8.76. The van der Waals surface area contributed by atoms with Crippen LogP contribution in [-0.4, -0.2) is 156 Å². The molecule has 70 heavy (non-hydrogen) atoms. The Morgan fingerprint density at radius 3 is 2.17 bits per heavy atom. The van der Waals surface area contributed by atoms with E-state index in [1.807, 2.05) is 42.5 Å². The summed E-state index contributed by atoms with van der Waals surface area (Å²) in [7, 11) is 0. The lowest BCUT2D eigenvalue weighted by Crippen LogP contribution is -2.54. The maximum Gasteiger partial charge on any atom is 0.264 e. The maximum atomic E-state index is 13.3. The van der Waals surface area contributed by atoms with Crippen molar-refractivity contribution in [2.75, 3.05) is 96.5 Å². The summed E-state index contributed by atoms with van der Waals surface area (Å²) in [6.07, 6.45) is 8.30. The molecule has 0 radical (unpaired) electrons. The number of imide groups is 2. The topological polar surface area (TPSA) is 225 Å². The average Bonchev–Trinajstić information content (AvgIpc) is 3.89. The SMILES string of the molecule is Nc1ncnc2c1c(-c1ccc(Oc3ccccc3)cc1)cn2[C@H]1CC[C@@H](N2CCN(CCOCCOCCOCCNC(=O)CNc3cccc4c3C(=O)N(C3CCC(=O)NC3=O)C4=O)CC2)CC1. The van der Waals surface area contributed by atoms with Crippen molar-refractivity contribution < 1.29 is 42.9 Å². The molecule has 368 valence electrons. The van der Waals surface area contributed by atoms with Crippen molar-refractivity contribution in [3.8, 4) is 22.6 Å². The van der Waals surface area contributed by atoms with Crippen LogP contribution in [0.1, 0.15) is 65.3 Å². The third-order valence-electron chi connectivity index (χ3n) is 13.5. The number of nitrogens with zero attached hydrogens (tertiary/aromatic N) is 6. The molecule has 9 rings (SSSR count). The van der Waals surface area contributed by atoms with E-state index in [1.165, 1.54) is 6.07 Å². The minimum atomic E-state index is -1.07. The molecule has 5 heterocycles. The van der Waals surface area contributed by atoms with E-state index >= 15 is 0 Å². The zero-order chi connectivity index (χ0) is 48.4. The second-order valence-electron chi connectivity index (χ2n) is 17.9. The van der Waals surface area contributed by atoms with Crippen LogP contribution in [0.25, 0.3) is 22.2 Å². The number of aromatic nitrogens is 3. The number of ether oxygens (including phenoxy) is 4. The number of hydrogen-bond acceptors (Lipinski definition) is 15. The van der Waals surface area contributed by atoms with Crippen molar-refractivity contribution in [3.63, 3.8) is 0 Å². The van der Waals surface area contributed by atoms with Gasteiger partial charge in [-0.15, -0.1) is 0 Å². The van der Waals surface area contributed by atoms with E-state index in [0.29, 0.717) is 56.6 Å². The van der Waals surface area contributed by atoms with Gasteiger partial charge in [-0.05, 0) is 74.1 Å². The van der Waals surface area contributed by atoms with Crippen molar-refractivity contribution in [3.05, 3.63) is 96.4 Å². The molecule has 4 aliphatic rings. The first kappa shape index (κ1) is 48.3. The number of nitrogen functional groups attached to an aromatic ring is 1. The van der Waals surface area contributed by atoms with Gasteiger partial charge in [0.1, 0.15) is 35.3 Å². The molecule has 3 aromatic carbocycles. The van der Waals surface area contributed by atoms with Gasteiger partial charge in [-0.2, -0.15) is 0 Å². The average molecular weight is 957 g/mol. The summed E-state index contributed by atoms with van der Waals surface area (Å²) < 4.78 is 25.5. The van der Waals surface area contributed by atoms with Crippen LogP contribution in [0.15, 0.2) is 85.3 Å². The Morgan fingerprint density at radius 2 is 1.43 bits per heavy atom. The normalized spacial score (nSPS) is 19.9. The zero-order valence-electron chi connectivity index (χ0n) is 39.2. The second-order valence-corrected chi connectivity index (χ2v) is 17.9. The number of amides is 5. The number of nitrogens with two attached hydrogens (primary N) is 1. The Kier molecular flexibility index (Phi) is 15.7. The van der Waals surface area contributed by atoms with Gasteiger partial charge in [0.2, 0.25) is 17.7 Å². The lowest BCUT2D eigenvalue weighted by Gasteiger charge is -2.42.